The van der Waals surface area contributed by atoms with Gasteiger partial charge in [0.15, 0.2) is 0 Å². The predicted octanol–water partition coefficient (Wildman–Crippen LogP) is 2.19. The Morgan fingerprint density at radius 1 is 1.19 bits per heavy atom. The lowest BCUT2D eigenvalue weighted by Crippen LogP contribution is -2.42. The maximum atomic E-state index is 13.0. The first-order valence-corrected chi connectivity index (χ1v) is 8.79. The van der Waals surface area contributed by atoms with Gasteiger partial charge in [0.25, 0.3) is 5.91 Å². The van der Waals surface area contributed by atoms with E-state index in [0.29, 0.717) is 32.1 Å². The molecule has 0 unspecified atom stereocenters. The van der Waals surface area contributed by atoms with Crippen molar-refractivity contribution in [3.63, 3.8) is 0 Å². The van der Waals surface area contributed by atoms with Gasteiger partial charge >= 0.3 is 0 Å². The van der Waals surface area contributed by atoms with Gasteiger partial charge in [-0.1, -0.05) is 24.3 Å². The first-order valence-electron chi connectivity index (χ1n) is 8.79. The number of ether oxygens (including phenoxy) is 2. The summed E-state index contributed by atoms with van der Waals surface area (Å²) in [5, 5.41) is 4.02. The Balaban J connectivity index is 1.52. The Labute approximate surface area is 157 Å². The van der Waals surface area contributed by atoms with E-state index in [1.54, 1.807) is 18.3 Å². The molecule has 6 nitrogen and oxygen atoms in total. The van der Waals surface area contributed by atoms with Crippen molar-refractivity contribution in [2.24, 2.45) is 5.10 Å². The van der Waals surface area contributed by atoms with Crippen LogP contribution in [0, 0.1) is 5.82 Å². The van der Waals surface area contributed by atoms with Gasteiger partial charge in [-0.2, -0.15) is 5.10 Å². The molecule has 1 aliphatic rings. The average Bonchev–Trinajstić information content (AvgIpc) is 2.69. The number of hydrogen-bond acceptors (Lipinski definition) is 5. The number of amides is 1. The summed E-state index contributed by atoms with van der Waals surface area (Å²) < 4.78 is 24.0. The normalized spacial score (nSPS) is 15.0. The van der Waals surface area contributed by atoms with Gasteiger partial charge in [-0.25, -0.2) is 9.82 Å². The number of para-hydroxylation sites is 1. The van der Waals surface area contributed by atoms with Gasteiger partial charge in [0.2, 0.25) is 0 Å². The Hall–Kier alpha value is -2.77. The summed E-state index contributed by atoms with van der Waals surface area (Å²) in [6, 6.07) is 13.5. The Bertz CT molecular complexity index is 774. The van der Waals surface area contributed by atoms with Crippen molar-refractivity contribution in [2.45, 2.75) is 6.61 Å². The molecule has 1 aliphatic heterocycles. The van der Waals surface area contributed by atoms with Crippen LogP contribution in [-0.4, -0.2) is 49.9 Å². The van der Waals surface area contributed by atoms with Gasteiger partial charge < -0.3 is 9.47 Å². The molecule has 3 rings (SSSR count). The molecule has 27 heavy (non-hydrogen) atoms. The zero-order valence-electron chi connectivity index (χ0n) is 14.9. The van der Waals surface area contributed by atoms with Crippen LogP contribution < -0.4 is 10.2 Å². The van der Waals surface area contributed by atoms with E-state index in [-0.39, 0.29) is 11.7 Å². The van der Waals surface area contributed by atoms with E-state index in [9.17, 15) is 9.18 Å². The van der Waals surface area contributed by atoms with E-state index in [2.05, 4.69) is 10.5 Å². The standard InChI is InChI=1S/C20H22FN3O3/c21-18-7-5-16(6-8-18)15-27-19-4-2-1-3-17(19)13-22-23-20(25)14-24-9-11-26-12-10-24/h1-8,13H,9-12,14-15H2,(H,23,25)/b22-13-. The van der Waals surface area contributed by atoms with E-state index in [1.807, 2.05) is 29.2 Å². The number of carbonyl (C=O) groups excluding carboxylic acids is 1. The second-order valence-corrected chi connectivity index (χ2v) is 6.13. The maximum absolute atomic E-state index is 13.0. The monoisotopic (exact) mass is 371 g/mol. The molecular formula is C20H22FN3O3. The fraction of sp³-hybridized carbons (Fsp3) is 0.300. The molecule has 2 aromatic carbocycles. The largest absolute Gasteiger partial charge is 0.488 e. The molecule has 1 heterocycles. The van der Waals surface area contributed by atoms with Crippen LogP contribution in [0.4, 0.5) is 4.39 Å². The van der Waals surface area contributed by atoms with E-state index >= 15 is 0 Å². The molecule has 1 N–H and O–H groups in total. The van der Waals surface area contributed by atoms with Crippen LogP contribution in [-0.2, 0) is 16.1 Å². The minimum absolute atomic E-state index is 0.169. The van der Waals surface area contributed by atoms with Gasteiger partial charge in [-0.05, 0) is 29.8 Å². The molecule has 142 valence electrons. The first-order chi connectivity index (χ1) is 13.2. The number of carbonyl (C=O) groups is 1. The number of nitrogens with zero attached hydrogens (tertiary/aromatic N) is 2. The fourth-order valence-electron chi connectivity index (χ4n) is 2.63. The van der Waals surface area contributed by atoms with E-state index in [4.69, 9.17) is 9.47 Å². The zero-order chi connectivity index (χ0) is 18.9. The maximum Gasteiger partial charge on any atom is 0.254 e. The summed E-state index contributed by atoms with van der Waals surface area (Å²) in [6.45, 7) is 3.40. The predicted molar refractivity (Wildman–Crippen MR) is 100 cm³/mol. The number of benzene rings is 2. The minimum atomic E-state index is -0.279. The molecule has 2 aromatic rings. The number of hydrogen-bond donors (Lipinski definition) is 1. The Morgan fingerprint density at radius 3 is 2.70 bits per heavy atom. The third-order valence-electron chi connectivity index (χ3n) is 4.09. The van der Waals surface area contributed by atoms with E-state index in [0.717, 1.165) is 24.2 Å². The summed E-state index contributed by atoms with van der Waals surface area (Å²) >= 11 is 0. The molecule has 1 amide bonds. The highest BCUT2D eigenvalue weighted by molar-refractivity contribution is 5.85. The number of halogens is 1. The van der Waals surface area contributed by atoms with Crippen LogP contribution >= 0.6 is 0 Å². The number of rotatable bonds is 7. The first kappa shape index (κ1) is 19.0. The molecule has 1 fully saturated rings. The summed E-state index contributed by atoms with van der Waals surface area (Å²) in [4.78, 5) is 14.0. The smallest absolute Gasteiger partial charge is 0.254 e. The van der Waals surface area contributed by atoms with Gasteiger partial charge in [0, 0.05) is 18.7 Å². The van der Waals surface area contributed by atoms with Crippen LogP contribution in [0.15, 0.2) is 53.6 Å². The fourth-order valence-corrected chi connectivity index (χ4v) is 2.63. The second kappa shape index (κ2) is 9.80. The summed E-state index contributed by atoms with van der Waals surface area (Å²) in [7, 11) is 0. The molecule has 0 bridgehead atoms. The van der Waals surface area contributed by atoms with Crippen LogP contribution in [0.3, 0.4) is 0 Å². The van der Waals surface area contributed by atoms with Crippen molar-refractivity contribution in [1.29, 1.82) is 0 Å². The van der Waals surface area contributed by atoms with Gasteiger partial charge in [0.05, 0.1) is 26.0 Å². The molecule has 1 saturated heterocycles. The second-order valence-electron chi connectivity index (χ2n) is 6.13. The Kier molecular flexibility index (Phi) is 6.90. The van der Waals surface area contributed by atoms with Crippen LogP contribution in [0.25, 0.3) is 0 Å². The third-order valence-corrected chi connectivity index (χ3v) is 4.09. The quantitative estimate of drug-likeness (QED) is 0.599. The van der Waals surface area contributed by atoms with Crippen LogP contribution in [0.2, 0.25) is 0 Å². The van der Waals surface area contributed by atoms with Crippen molar-refractivity contribution in [1.82, 2.24) is 10.3 Å². The molecule has 0 atom stereocenters. The molecule has 0 saturated carbocycles. The zero-order valence-corrected chi connectivity index (χ0v) is 14.9. The Morgan fingerprint density at radius 2 is 1.93 bits per heavy atom. The number of nitrogens with one attached hydrogen (secondary N) is 1. The minimum Gasteiger partial charge on any atom is -0.488 e. The van der Waals surface area contributed by atoms with E-state index < -0.39 is 0 Å². The average molecular weight is 371 g/mol. The van der Waals surface area contributed by atoms with Gasteiger partial charge in [-0.15, -0.1) is 0 Å². The lowest BCUT2D eigenvalue weighted by Gasteiger charge is -2.25. The molecule has 0 radical (unpaired) electrons. The highest BCUT2D eigenvalue weighted by atomic mass is 19.1. The third kappa shape index (κ3) is 6.16. The highest BCUT2D eigenvalue weighted by Crippen LogP contribution is 2.17. The summed E-state index contributed by atoms with van der Waals surface area (Å²) in [6.07, 6.45) is 1.55. The molecule has 0 spiro atoms. The van der Waals surface area contributed by atoms with Crippen molar-refractivity contribution in [3.05, 3.63) is 65.5 Å². The lowest BCUT2D eigenvalue weighted by molar-refractivity contribution is -0.123. The van der Waals surface area contributed by atoms with Gasteiger partial charge in [0.1, 0.15) is 18.2 Å². The highest BCUT2D eigenvalue weighted by Gasteiger charge is 2.13. The number of hydrazone groups is 1. The topological polar surface area (TPSA) is 63.2 Å². The molecular weight excluding hydrogens is 349 g/mol. The molecule has 0 aliphatic carbocycles. The SMILES string of the molecule is O=C(CN1CCOCC1)N/N=C\c1ccccc1OCc1ccc(F)cc1. The lowest BCUT2D eigenvalue weighted by atomic mass is 10.2. The van der Waals surface area contributed by atoms with Crippen molar-refractivity contribution in [2.75, 3.05) is 32.8 Å². The summed E-state index contributed by atoms with van der Waals surface area (Å²) in [5.74, 6) is 0.185. The van der Waals surface area contributed by atoms with E-state index in [1.165, 1.54) is 12.1 Å². The number of morpholine rings is 1. The molecule has 0 aromatic heterocycles. The van der Waals surface area contributed by atoms with Crippen molar-refractivity contribution in [3.8, 4) is 5.75 Å². The van der Waals surface area contributed by atoms with Crippen LogP contribution in [0.1, 0.15) is 11.1 Å². The van der Waals surface area contributed by atoms with Gasteiger partial charge in [-0.3, -0.25) is 9.69 Å². The van der Waals surface area contributed by atoms with Crippen LogP contribution in [0.5, 0.6) is 5.75 Å². The van der Waals surface area contributed by atoms with Crippen molar-refractivity contribution < 1.29 is 18.7 Å². The van der Waals surface area contributed by atoms with Crippen molar-refractivity contribution >= 4 is 12.1 Å². The summed E-state index contributed by atoms with van der Waals surface area (Å²) in [5.41, 5.74) is 4.14. The molecule has 7 heteroatoms.